The highest BCUT2D eigenvalue weighted by molar-refractivity contribution is 5.98. The Hall–Kier alpha value is -5.85. The Morgan fingerprint density at radius 1 is 0.857 bits per heavy atom. The number of H-pyrrole nitrogens is 2. The van der Waals surface area contributed by atoms with Crippen LogP contribution in [-0.2, 0) is 20.9 Å². The molecule has 3 atom stereocenters. The number of alkyl carbamates (subject to hydrolysis) is 1. The van der Waals surface area contributed by atoms with Crippen LogP contribution in [0, 0.1) is 5.92 Å². The standard InChI is InChI=1S/C43H49N7O6/c1-24(2)36(48-41(52)54-6)40(51)49-17-7-9-34(49)38-44-21-32(46-38)26-13-15-30-25(19-26)11-16-31-29-14-12-27(20-28(29)23-55-37(30)31)33-22-45-39(47-33)35-10-8-18-50(35)42(53)56-43(3,4)5/h11-16,19-22,24,34-36H,7-10,17-18,23H2,1-6H3,(H,44,46)(H,45,47)(H,48,52)/t34-,35-,36?/m0/s1. The fourth-order valence-corrected chi connectivity index (χ4v) is 8.22. The van der Waals surface area contributed by atoms with Crippen molar-refractivity contribution in [3.63, 3.8) is 0 Å². The zero-order chi connectivity index (χ0) is 39.3. The number of aromatic amines is 2. The average molecular weight is 760 g/mol. The predicted octanol–water partition coefficient (Wildman–Crippen LogP) is 8.30. The highest BCUT2D eigenvalue weighted by Gasteiger charge is 2.38. The van der Waals surface area contributed by atoms with Gasteiger partial charge in [-0.3, -0.25) is 9.69 Å². The molecule has 2 fully saturated rings. The van der Waals surface area contributed by atoms with Gasteiger partial charge in [0.2, 0.25) is 5.91 Å². The largest absolute Gasteiger partial charge is 0.488 e. The van der Waals surface area contributed by atoms with Crippen LogP contribution in [0.15, 0.2) is 60.9 Å². The van der Waals surface area contributed by atoms with Crippen LogP contribution in [0.1, 0.15) is 89.6 Å². The fourth-order valence-electron chi connectivity index (χ4n) is 8.22. The van der Waals surface area contributed by atoms with Crippen LogP contribution in [0.3, 0.4) is 0 Å². The van der Waals surface area contributed by atoms with Gasteiger partial charge < -0.3 is 34.4 Å². The smallest absolute Gasteiger partial charge is 0.410 e. The van der Waals surface area contributed by atoms with Crippen LogP contribution < -0.4 is 10.1 Å². The number of nitrogens with one attached hydrogen (secondary N) is 3. The summed E-state index contributed by atoms with van der Waals surface area (Å²) in [6, 6.07) is 15.9. The molecular formula is C43H49N7O6. The van der Waals surface area contributed by atoms with E-state index in [0.29, 0.717) is 19.7 Å². The van der Waals surface area contributed by atoms with Gasteiger partial charge in [-0.2, -0.15) is 0 Å². The van der Waals surface area contributed by atoms with Crippen LogP contribution in [0.5, 0.6) is 5.75 Å². The summed E-state index contributed by atoms with van der Waals surface area (Å²) in [5.74, 6) is 2.10. The number of hydrogen-bond donors (Lipinski definition) is 3. The second-order valence-corrected chi connectivity index (χ2v) is 16.3. The van der Waals surface area contributed by atoms with Gasteiger partial charge in [0.25, 0.3) is 0 Å². The summed E-state index contributed by atoms with van der Waals surface area (Å²) in [6.07, 6.45) is 6.09. The van der Waals surface area contributed by atoms with Gasteiger partial charge in [0.05, 0.1) is 43.0 Å². The maximum Gasteiger partial charge on any atom is 0.410 e. The quantitative estimate of drug-likeness (QED) is 0.150. The Kier molecular flexibility index (Phi) is 9.71. The van der Waals surface area contributed by atoms with Crippen molar-refractivity contribution >= 4 is 28.9 Å². The normalized spacial score (nSPS) is 18.4. The minimum atomic E-state index is -0.689. The number of rotatable bonds is 7. The van der Waals surface area contributed by atoms with Crippen LogP contribution in [0.4, 0.5) is 9.59 Å². The van der Waals surface area contributed by atoms with Gasteiger partial charge in [-0.15, -0.1) is 0 Å². The highest BCUT2D eigenvalue weighted by Crippen LogP contribution is 2.44. The molecule has 3 aliphatic rings. The SMILES string of the molecule is COC(=O)NC(C(=O)N1CCC[C@H]1c1ncc(-c2ccc3c4c(ccc3c2)-c2ccc(-c3cnc([C@@H]5CCCN5C(=O)OC(C)(C)C)[nH]3)cc2CO4)[nH]1)C(C)C. The molecule has 5 aromatic rings. The Morgan fingerprint density at radius 2 is 1.48 bits per heavy atom. The number of amides is 3. The van der Waals surface area contributed by atoms with Crippen molar-refractivity contribution in [1.29, 1.82) is 0 Å². The van der Waals surface area contributed by atoms with Crippen molar-refractivity contribution in [2.24, 2.45) is 5.92 Å². The second kappa shape index (κ2) is 14.7. The average Bonchev–Trinajstić information content (AvgIpc) is 4.01. The third-order valence-electron chi connectivity index (χ3n) is 11.0. The molecular weight excluding hydrogens is 711 g/mol. The number of carbonyl (C=O) groups is 3. The molecule has 3 amide bonds. The van der Waals surface area contributed by atoms with E-state index in [1.54, 1.807) is 4.90 Å². The fraction of sp³-hybridized carbons (Fsp3) is 0.419. The Labute approximate surface area is 326 Å². The molecule has 3 N–H and O–H groups in total. The van der Waals surface area contributed by atoms with Gasteiger partial charge in [-0.05, 0) is 92.6 Å². The molecule has 56 heavy (non-hydrogen) atoms. The third kappa shape index (κ3) is 7.06. The first kappa shape index (κ1) is 37.1. The third-order valence-corrected chi connectivity index (χ3v) is 11.0. The molecule has 5 heterocycles. The number of fused-ring (bicyclic) bond motifs is 5. The zero-order valence-electron chi connectivity index (χ0n) is 32.8. The van der Waals surface area contributed by atoms with Gasteiger partial charge in [-0.1, -0.05) is 44.2 Å². The maximum atomic E-state index is 13.6. The summed E-state index contributed by atoms with van der Waals surface area (Å²) in [7, 11) is 1.29. The maximum absolute atomic E-state index is 13.6. The van der Waals surface area contributed by atoms with Crippen LogP contribution in [-0.4, -0.2) is 79.7 Å². The van der Waals surface area contributed by atoms with Crippen molar-refractivity contribution in [2.75, 3.05) is 20.2 Å². The van der Waals surface area contributed by atoms with Gasteiger partial charge in [-0.25, -0.2) is 19.6 Å². The molecule has 3 aliphatic heterocycles. The molecule has 1 unspecified atom stereocenters. The van der Waals surface area contributed by atoms with Crippen molar-refractivity contribution in [1.82, 2.24) is 35.1 Å². The van der Waals surface area contributed by atoms with E-state index in [9.17, 15) is 14.4 Å². The number of imidazole rings is 2. The lowest BCUT2D eigenvalue weighted by atomic mass is 9.92. The number of methoxy groups -OCH3 is 1. The summed E-state index contributed by atoms with van der Waals surface area (Å²) in [5.41, 5.74) is 6.43. The topological polar surface area (TPSA) is 155 Å². The van der Waals surface area contributed by atoms with Crippen LogP contribution >= 0.6 is 0 Å². The summed E-state index contributed by atoms with van der Waals surface area (Å²) >= 11 is 0. The summed E-state index contributed by atoms with van der Waals surface area (Å²) in [6.45, 7) is 11.1. The van der Waals surface area contributed by atoms with Crippen LogP contribution in [0.2, 0.25) is 0 Å². The van der Waals surface area contributed by atoms with E-state index in [1.807, 2.05) is 51.9 Å². The minimum absolute atomic E-state index is 0.105. The number of likely N-dealkylation sites (tertiary alicyclic amines) is 2. The molecule has 0 aliphatic carbocycles. The number of carbonyl (C=O) groups excluding carboxylic acids is 3. The molecule has 2 aromatic heterocycles. The molecule has 0 spiro atoms. The predicted molar refractivity (Wildman–Crippen MR) is 212 cm³/mol. The van der Waals surface area contributed by atoms with E-state index in [-0.39, 0.29) is 30.0 Å². The van der Waals surface area contributed by atoms with Gasteiger partial charge in [0.15, 0.2) is 0 Å². The van der Waals surface area contributed by atoms with Crippen molar-refractivity contribution in [3.05, 3.63) is 78.1 Å². The first-order valence-electron chi connectivity index (χ1n) is 19.5. The number of hydrogen-bond acceptors (Lipinski definition) is 8. The Balaban J connectivity index is 0.995. The van der Waals surface area contributed by atoms with E-state index in [0.717, 1.165) is 93.1 Å². The molecule has 3 aromatic carbocycles. The molecule has 0 radical (unpaired) electrons. The van der Waals surface area contributed by atoms with Crippen molar-refractivity contribution in [2.45, 2.75) is 90.6 Å². The summed E-state index contributed by atoms with van der Waals surface area (Å²) < 4.78 is 16.9. The van der Waals surface area contributed by atoms with E-state index in [1.165, 1.54) is 7.11 Å². The zero-order valence-corrected chi connectivity index (χ0v) is 32.8. The second-order valence-electron chi connectivity index (χ2n) is 16.3. The molecule has 0 saturated carbocycles. The molecule has 13 heteroatoms. The minimum Gasteiger partial charge on any atom is -0.488 e. The Morgan fingerprint density at radius 3 is 2.14 bits per heavy atom. The summed E-state index contributed by atoms with van der Waals surface area (Å²) in [5, 5.41) is 4.77. The lowest BCUT2D eigenvalue weighted by Gasteiger charge is -2.30. The first-order valence-corrected chi connectivity index (χ1v) is 19.5. The molecule has 292 valence electrons. The lowest BCUT2D eigenvalue weighted by molar-refractivity contribution is -0.135. The molecule has 13 nitrogen and oxygen atoms in total. The summed E-state index contributed by atoms with van der Waals surface area (Å²) in [4.78, 5) is 58.5. The highest BCUT2D eigenvalue weighted by atomic mass is 16.6. The first-order chi connectivity index (χ1) is 26.9. The molecule has 0 bridgehead atoms. The van der Waals surface area contributed by atoms with Gasteiger partial charge in [0.1, 0.15) is 35.6 Å². The van der Waals surface area contributed by atoms with Crippen molar-refractivity contribution in [3.8, 4) is 39.4 Å². The Bertz CT molecular complexity index is 2300. The van der Waals surface area contributed by atoms with E-state index in [4.69, 9.17) is 24.2 Å². The van der Waals surface area contributed by atoms with Gasteiger partial charge >= 0.3 is 12.2 Å². The number of aromatic nitrogens is 4. The molecule has 8 rings (SSSR count). The number of benzene rings is 3. The van der Waals surface area contributed by atoms with Crippen molar-refractivity contribution < 1.29 is 28.6 Å². The van der Waals surface area contributed by atoms with E-state index in [2.05, 4.69) is 63.8 Å². The van der Waals surface area contributed by atoms with E-state index >= 15 is 0 Å². The van der Waals surface area contributed by atoms with Gasteiger partial charge in [0, 0.05) is 29.6 Å². The number of nitrogens with zero attached hydrogens (tertiary/aromatic N) is 4. The van der Waals surface area contributed by atoms with E-state index < -0.39 is 17.7 Å². The monoisotopic (exact) mass is 759 g/mol. The van der Waals surface area contributed by atoms with Crippen LogP contribution in [0.25, 0.3) is 44.4 Å². The molecule has 2 saturated heterocycles. The number of ether oxygens (including phenoxy) is 3. The lowest BCUT2D eigenvalue weighted by Crippen LogP contribution is -2.51.